The van der Waals surface area contributed by atoms with Gasteiger partial charge in [-0.1, -0.05) is 35.9 Å². The maximum Gasteiger partial charge on any atom is 0.408 e. The highest BCUT2D eigenvalue weighted by molar-refractivity contribution is 6.30. The molecule has 0 aliphatic carbocycles. The van der Waals surface area contributed by atoms with E-state index >= 15 is 0 Å². The molecule has 8 nitrogen and oxygen atoms in total. The molecular weight excluding hydrogens is 442 g/mol. The van der Waals surface area contributed by atoms with Gasteiger partial charge in [-0.2, -0.15) is 0 Å². The molecule has 0 atom stereocenters. The van der Waals surface area contributed by atoms with Gasteiger partial charge in [0.1, 0.15) is 0 Å². The van der Waals surface area contributed by atoms with Gasteiger partial charge < -0.3 is 14.7 Å². The lowest BCUT2D eigenvalue weighted by molar-refractivity contribution is -0.0767. The van der Waals surface area contributed by atoms with Crippen LogP contribution >= 0.6 is 11.6 Å². The van der Waals surface area contributed by atoms with Crippen molar-refractivity contribution in [1.82, 2.24) is 19.7 Å². The molecule has 170 valence electrons. The highest BCUT2D eigenvalue weighted by Gasteiger charge is 2.42. The molecule has 1 aromatic heterocycles. The number of amides is 1. The standard InChI is InChI=1S/C24H24ClN5O3/c25-18-5-6-20-17(13-18)14-29(23(31)32)15-21-26-27-22(30(20)21)28-10-8-24(9-11-28)19-4-2-1-3-16(19)7-12-33-24/h1-6,13H,7-12,14-15H2,(H,31,32). The summed E-state index contributed by atoms with van der Waals surface area (Å²) >= 11 is 6.24. The Labute approximate surface area is 196 Å². The summed E-state index contributed by atoms with van der Waals surface area (Å²) in [7, 11) is 0. The molecule has 0 saturated carbocycles. The maximum absolute atomic E-state index is 11.8. The number of hydrogen-bond acceptors (Lipinski definition) is 5. The summed E-state index contributed by atoms with van der Waals surface area (Å²) in [5.74, 6) is 1.34. The fourth-order valence-electron chi connectivity index (χ4n) is 5.43. The number of anilines is 1. The van der Waals surface area contributed by atoms with Crippen molar-refractivity contribution >= 4 is 23.6 Å². The lowest BCUT2D eigenvalue weighted by Crippen LogP contribution is -2.47. The third kappa shape index (κ3) is 3.36. The van der Waals surface area contributed by atoms with Gasteiger partial charge in [-0.25, -0.2) is 4.79 Å². The van der Waals surface area contributed by atoms with E-state index in [4.69, 9.17) is 16.3 Å². The smallest absolute Gasteiger partial charge is 0.408 e. The largest absolute Gasteiger partial charge is 0.465 e. The average Bonchev–Trinajstić information content (AvgIpc) is 3.15. The number of fused-ring (bicyclic) bond motifs is 5. The predicted molar refractivity (Wildman–Crippen MR) is 123 cm³/mol. The lowest BCUT2D eigenvalue weighted by atomic mass is 9.79. The SMILES string of the molecule is O=C(O)N1Cc2cc(Cl)ccc2-n2c(nnc2N2CCC3(CC2)OCCc2ccccc23)C1. The van der Waals surface area contributed by atoms with Crippen molar-refractivity contribution in [3.63, 3.8) is 0 Å². The van der Waals surface area contributed by atoms with Crippen LogP contribution < -0.4 is 4.90 Å². The molecule has 1 amide bonds. The summed E-state index contributed by atoms with van der Waals surface area (Å²) in [6.45, 7) is 2.72. The van der Waals surface area contributed by atoms with Crippen molar-refractivity contribution < 1.29 is 14.6 Å². The van der Waals surface area contributed by atoms with Crippen LogP contribution in [0.25, 0.3) is 5.69 Å². The van der Waals surface area contributed by atoms with E-state index in [2.05, 4.69) is 39.4 Å². The van der Waals surface area contributed by atoms with Gasteiger partial charge in [-0.15, -0.1) is 10.2 Å². The summed E-state index contributed by atoms with van der Waals surface area (Å²) in [5, 5.41) is 19.1. The molecule has 1 fully saturated rings. The van der Waals surface area contributed by atoms with Crippen molar-refractivity contribution in [2.24, 2.45) is 0 Å². The number of nitrogens with zero attached hydrogens (tertiary/aromatic N) is 5. The van der Waals surface area contributed by atoms with E-state index in [9.17, 15) is 9.90 Å². The maximum atomic E-state index is 11.8. The molecule has 3 aliphatic heterocycles. The van der Waals surface area contributed by atoms with Gasteiger partial charge >= 0.3 is 6.09 Å². The molecule has 0 bridgehead atoms. The molecule has 1 spiro atoms. The highest BCUT2D eigenvalue weighted by Crippen LogP contribution is 2.42. The minimum Gasteiger partial charge on any atom is -0.465 e. The number of benzene rings is 2. The van der Waals surface area contributed by atoms with Crippen LogP contribution in [0.5, 0.6) is 0 Å². The number of carboxylic acid groups (broad SMARTS) is 1. The molecule has 3 aliphatic rings. The number of rotatable bonds is 1. The van der Waals surface area contributed by atoms with Gasteiger partial charge in [-0.3, -0.25) is 9.47 Å². The second-order valence-electron chi connectivity index (χ2n) is 8.90. The van der Waals surface area contributed by atoms with Crippen molar-refractivity contribution in [2.45, 2.75) is 38.0 Å². The van der Waals surface area contributed by atoms with Gasteiger partial charge in [-0.05, 0) is 54.2 Å². The van der Waals surface area contributed by atoms with E-state index in [1.54, 1.807) is 0 Å². The zero-order chi connectivity index (χ0) is 22.6. The first-order valence-corrected chi connectivity index (χ1v) is 11.6. The molecule has 9 heteroatoms. The van der Waals surface area contributed by atoms with Gasteiger partial charge in [0.25, 0.3) is 0 Å². The third-order valence-electron chi connectivity index (χ3n) is 7.07. The first-order valence-electron chi connectivity index (χ1n) is 11.2. The zero-order valence-corrected chi connectivity index (χ0v) is 18.8. The quantitative estimate of drug-likeness (QED) is 0.585. The average molecular weight is 466 g/mol. The Morgan fingerprint density at radius 3 is 2.70 bits per heavy atom. The summed E-state index contributed by atoms with van der Waals surface area (Å²) in [6, 6.07) is 14.2. The topological polar surface area (TPSA) is 83.7 Å². The van der Waals surface area contributed by atoms with E-state index in [1.165, 1.54) is 16.0 Å². The molecule has 1 N–H and O–H groups in total. The van der Waals surface area contributed by atoms with Gasteiger partial charge in [0.15, 0.2) is 5.82 Å². The van der Waals surface area contributed by atoms with Crippen LogP contribution in [-0.4, -0.2) is 50.6 Å². The van der Waals surface area contributed by atoms with Crippen LogP contribution in [0.15, 0.2) is 42.5 Å². The van der Waals surface area contributed by atoms with Crippen molar-refractivity contribution in [1.29, 1.82) is 0 Å². The van der Waals surface area contributed by atoms with Gasteiger partial charge in [0, 0.05) is 18.1 Å². The second kappa shape index (κ2) is 7.74. The Kier molecular flexibility index (Phi) is 4.81. The molecule has 3 aromatic rings. The Morgan fingerprint density at radius 2 is 1.88 bits per heavy atom. The van der Waals surface area contributed by atoms with E-state index < -0.39 is 6.09 Å². The monoisotopic (exact) mass is 465 g/mol. The van der Waals surface area contributed by atoms with E-state index in [1.807, 2.05) is 22.8 Å². The van der Waals surface area contributed by atoms with Crippen LogP contribution in [0.2, 0.25) is 5.02 Å². The van der Waals surface area contributed by atoms with Crippen LogP contribution in [0.4, 0.5) is 10.7 Å². The molecule has 4 heterocycles. The van der Waals surface area contributed by atoms with Crippen molar-refractivity contribution in [2.75, 3.05) is 24.6 Å². The molecule has 2 aromatic carbocycles. The molecule has 33 heavy (non-hydrogen) atoms. The fourth-order valence-corrected chi connectivity index (χ4v) is 5.62. The van der Waals surface area contributed by atoms with E-state index in [0.717, 1.165) is 56.2 Å². The zero-order valence-electron chi connectivity index (χ0n) is 18.1. The summed E-state index contributed by atoms with van der Waals surface area (Å²) in [5.41, 5.74) is 4.15. The molecule has 1 saturated heterocycles. The van der Waals surface area contributed by atoms with Crippen LogP contribution in [0, 0.1) is 0 Å². The number of hydrogen-bond donors (Lipinski definition) is 1. The summed E-state index contributed by atoms with van der Waals surface area (Å²) in [6.07, 6.45) is 1.69. The molecule has 0 radical (unpaired) electrons. The normalized spacial score (nSPS) is 18.9. The van der Waals surface area contributed by atoms with Crippen LogP contribution in [0.3, 0.4) is 0 Å². The number of carbonyl (C=O) groups is 1. The minimum absolute atomic E-state index is 0.170. The van der Waals surface area contributed by atoms with E-state index in [0.29, 0.717) is 10.8 Å². The molecule has 0 unspecified atom stereocenters. The number of ether oxygens (including phenoxy) is 1. The first kappa shape index (κ1) is 20.5. The van der Waals surface area contributed by atoms with Gasteiger partial charge in [0.05, 0.1) is 31.0 Å². The van der Waals surface area contributed by atoms with Crippen LogP contribution in [-0.2, 0) is 29.8 Å². The second-order valence-corrected chi connectivity index (χ2v) is 9.34. The lowest BCUT2D eigenvalue weighted by Gasteiger charge is -2.45. The summed E-state index contributed by atoms with van der Waals surface area (Å²) in [4.78, 5) is 15.4. The van der Waals surface area contributed by atoms with Crippen LogP contribution in [0.1, 0.15) is 35.4 Å². The highest BCUT2D eigenvalue weighted by atomic mass is 35.5. The Bertz CT molecular complexity index is 1230. The Balaban J connectivity index is 1.35. The Hall–Kier alpha value is -3.10. The number of halogens is 1. The van der Waals surface area contributed by atoms with Crippen molar-refractivity contribution in [3.8, 4) is 5.69 Å². The van der Waals surface area contributed by atoms with Crippen molar-refractivity contribution in [3.05, 3.63) is 70.0 Å². The first-order chi connectivity index (χ1) is 16.0. The molecular formula is C24H24ClN5O3. The number of piperidine rings is 1. The third-order valence-corrected chi connectivity index (χ3v) is 7.31. The minimum atomic E-state index is -0.994. The summed E-state index contributed by atoms with van der Waals surface area (Å²) < 4.78 is 8.37. The van der Waals surface area contributed by atoms with E-state index in [-0.39, 0.29) is 18.7 Å². The molecule has 6 rings (SSSR count). The fraction of sp³-hybridized carbons (Fsp3) is 0.375. The Morgan fingerprint density at radius 1 is 1.06 bits per heavy atom. The van der Waals surface area contributed by atoms with Gasteiger partial charge in [0.2, 0.25) is 5.95 Å². The predicted octanol–water partition coefficient (Wildman–Crippen LogP) is 3.98. The number of aromatic nitrogens is 3.